The van der Waals surface area contributed by atoms with Gasteiger partial charge >= 0.3 is 0 Å². The number of piperidine rings is 1. The van der Waals surface area contributed by atoms with Crippen LogP contribution in [0.2, 0.25) is 0 Å². The van der Waals surface area contributed by atoms with E-state index in [4.69, 9.17) is 29.1 Å². The van der Waals surface area contributed by atoms with Crippen LogP contribution >= 0.6 is 23.4 Å². The quantitative estimate of drug-likeness (QED) is 0.397. The summed E-state index contributed by atoms with van der Waals surface area (Å²) in [7, 11) is 0. The third-order valence-electron chi connectivity index (χ3n) is 1.53. The summed E-state index contributed by atoms with van der Waals surface area (Å²) >= 11 is 11.5. The van der Waals surface area contributed by atoms with Gasteiger partial charge in [0, 0.05) is 33.7 Å². The molecule has 2 N–H and O–H groups in total. The van der Waals surface area contributed by atoms with Crippen LogP contribution in [-0.2, 0) is 21.1 Å². The Labute approximate surface area is 85.4 Å². The molecule has 1 fully saturated rings. The van der Waals surface area contributed by atoms with Gasteiger partial charge in [-0.15, -0.1) is 11.6 Å². The largest absolute Gasteiger partial charge is 0.325 e. The minimum absolute atomic E-state index is 0. The van der Waals surface area contributed by atoms with Crippen LogP contribution in [0.4, 0.5) is 0 Å². The zero-order chi connectivity index (χ0) is 6.85. The van der Waals surface area contributed by atoms with E-state index in [1.807, 2.05) is 0 Å². The molecule has 1 heterocycles. The van der Waals surface area contributed by atoms with E-state index in [0.29, 0.717) is 0 Å². The molecule has 0 saturated carbocycles. The van der Waals surface area contributed by atoms with Crippen molar-refractivity contribution in [1.82, 2.24) is 4.42 Å². The summed E-state index contributed by atoms with van der Waals surface area (Å²) in [6.07, 6.45) is 2.03. The van der Waals surface area contributed by atoms with E-state index in [9.17, 15) is 0 Å². The van der Waals surface area contributed by atoms with Gasteiger partial charge in [-0.1, -0.05) is 0 Å². The third-order valence-corrected chi connectivity index (χ3v) is 2.57. The fraction of sp³-hybridized carbons (Fsp3) is 1.00. The van der Waals surface area contributed by atoms with Crippen molar-refractivity contribution in [3.8, 4) is 0 Å². The van der Waals surface area contributed by atoms with Gasteiger partial charge < -0.3 is 5.73 Å². The number of nitrogens with zero attached hydrogens (tertiary/aromatic N) is 1. The summed E-state index contributed by atoms with van der Waals surface area (Å²) in [6, 6.07) is 0.0397. The maximum absolute atomic E-state index is 5.79. The summed E-state index contributed by atoms with van der Waals surface area (Å²) in [5.74, 6) is 0. The molecule has 1 saturated heterocycles. The summed E-state index contributed by atoms with van der Waals surface area (Å²) in [4.78, 5) is 0. The Hall–Kier alpha value is 1.19. The molecule has 64 valence electrons. The van der Waals surface area contributed by atoms with E-state index >= 15 is 0 Å². The first kappa shape index (κ1) is 11.2. The number of halogens is 2. The Bertz CT molecular complexity index is 93.6. The van der Waals surface area contributed by atoms with Crippen LogP contribution in [0.1, 0.15) is 12.8 Å². The van der Waals surface area contributed by atoms with Gasteiger partial charge in [-0.2, -0.15) is 0 Å². The van der Waals surface area contributed by atoms with Crippen molar-refractivity contribution in [3.63, 3.8) is 0 Å². The molecular formula is C5H10Cl2N2Pt. The molecule has 2 atom stereocenters. The zero-order valence-electron chi connectivity index (χ0n) is 5.37. The van der Waals surface area contributed by atoms with Crippen LogP contribution in [0.3, 0.4) is 0 Å². The maximum Gasteiger partial charge on any atom is 0.114 e. The van der Waals surface area contributed by atoms with E-state index in [0.717, 1.165) is 19.4 Å². The van der Waals surface area contributed by atoms with Crippen molar-refractivity contribution in [2.75, 3.05) is 6.54 Å². The van der Waals surface area contributed by atoms with E-state index < -0.39 is 0 Å². The van der Waals surface area contributed by atoms with Crippen LogP contribution in [0.5, 0.6) is 0 Å². The van der Waals surface area contributed by atoms with Gasteiger partial charge in [-0.05, 0) is 24.6 Å². The number of rotatable bonds is 0. The maximum atomic E-state index is 5.79. The van der Waals surface area contributed by atoms with Crippen LogP contribution in [-0.4, -0.2) is 22.5 Å². The summed E-state index contributed by atoms with van der Waals surface area (Å²) in [6.45, 7) is 0.851. The van der Waals surface area contributed by atoms with Crippen molar-refractivity contribution in [2.45, 2.75) is 24.4 Å². The van der Waals surface area contributed by atoms with Gasteiger partial charge in [0.05, 0.1) is 0 Å². The SMILES string of the molecule is N[C@H]1CCCN(Cl)[C@H]1Cl.[Pt]. The molecule has 1 aliphatic heterocycles. The van der Waals surface area contributed by atoms with Gasteiger partial charge in [0.2, 0.25) is 0 Å². The van der Waals surface area contributed by atoms with Crippen molar-refractivity contribution in [3.05, 3.63) is 0 Å². The van der Waals surface area contributed by atoms with Crippen molar-refractivity contribution in [2.24, 2.45) is 5.73 Å². The van der Waals surface area contributed by atoms with E-state index in [-0.39, 0.29) is 32.6 Å². The summed E-state index contributed by atoms with van der Waals surface area (Å²) < 4.78 is 1.57. The molecule has 10 heavy (non-hydrogen) atoms. The molecule has 0 spiro atoms. The molecule has 5 heteroatoms. The van der Waals surface area contributed by atoms with Gasteiger partial charge in [0.1, 0.15) is 5.50 Å². The Balaban J connectivity index is 0.000000810. The Kier molecular flexibility index (Phi) is 5.53. The van der Waals surface area contributed by atoms with Gasteiger partial charge in [-0.25, -0.2) is 4.42 Å². The van der Waals surface area contributed by atoms with Crippen LogP contribution < -0.4 is 5.73 Å². The molecular weight excluding hydrogens is 354 g/mol. The van der Waals surface area contributed by atoms with Crippen molar-refractivity contribution < 1.29 is 21.1 Å². The van der Waals surface area contributed by atoms with Crippen LogP contribution in [0.15, 0.2) is 0 Å². The number of nitrogens with two attached hydrogens (primary N) is 1. The summed E-state index contributed by atoms with van der Waals surface area (Å²) in [5, 5.41) is 0. The predicted octanol–water partition coefficient (Wildman–Crippen LogP) is 1.13. The minimum atomic E-state index is -0.180. The topological polar surface area (TPSA) is 29.3 Å². The van der Waals surface area contributed by atoms with E-state index in [2.05, 4.69) is 0 Å². The monoisotopic (exact) mass is 363 g/mol. The minimum Gasteiger partial charge on any atom is -0.325 e. The second kappa shape index (κ2) is 4.95. The smallest absolute Gasteiger partial charge is 0.114 e. The molecule has 0 aromatic carbocycles. The summed E-state index contributed by atoms with van der Waals surface area (Å²) in [5.41, 5.74) is 5.43. The Morgan fingerprint density at radius 2 is 2.10 bits per heavy atom. The normalized spacial score (nSPS) is 35.1. The number of hydrogen-bond donors (Lipinski definition) is 1. The Morgan fingerprint density at radius 1 is 1.50 bits per heavy atom. The molecule has 0 unspecified atom stereocenters. The predicted molar refractivity (Wildman–Crippen MR) is 39.4 cm³/mol. The molecule has 0 radical (unpaired) electrons. The zero-order valence-corrected chi connectivity index (χ0v) is 9.16. The van der Waals surface area contributed by atoms with Gasteiger partial charge in [0.15, 0.2) is 0 Å². The second-order valence-electron chi connectivity index (χ2n) is 2.30. The van der Waals surface area contributed by atoms with Crippen LogP contribution in [0.25, 0.3) is 0 Å². The van der Waals surface area contributed by atoms with E-state index in [1.165, 1.54) is 0 Å². The van der Waals surface area contributed by atoms with Gasteiger partial charge in [-0.3, -0.25) is 0 Å². The third kappa shape index (κ3) is 2.67. The molecule has 2 nitrogen and oxygen atoms in total. The number of alkyl halides is 1. The first-order valence-corrected chi connectivity index (χ1v) is 3.81. The first-order chi connectivity index (χ1) is 4.22. The van der Waals surface area contributed by atoms with Gasteiger partial charge in [0.25, 0.3) is 0 Å². The van der Waals surface area contributed by atoms with Crippen molar-refractivity contribution >= 4 is 23.4 Å². The van der Waals surface area contributed by atoms with E-state index in [1.54, 1.807) is 4.42 Å². The van der Waals surface area contributed by atoms with Crippen molar-refractivity contribution in [1.29, 1.82) is 0 Å². The first-order valence-electron chi connectivity index (χ1n) is 3.04. The standard InChI is InChI=1S/C5H10Cl2N2.Pt/c6-5-4(8)2-1-3-9(5)7;/h4-5H,1-3,8H2;/t4-,5+;/m0./s1. The average molecular weight is 364 g/mol. The average Bonchev–Trinajstić information content (AvgIpc) is 1.83. The van der Waals surface area contributed by atoms with Crippen LogP contribution in [0, 0.1) is 0 Å². The molecule has 0 aliphatic carbocycles. The number of hydrogen-bond acceptors (Lipinski definition) is 2. The second-order valence-corrected chi connectivity index (χ2v) is 3.18. The molecule has 1 rings (SSSR count). The molecule has 0 amide bonds. The fourth-order valence-corrected chi connectivity index (χ4v) is 1.43. The molecule has 0 aromatic heterocycles. The molecule has 1 aliphatic rings. The molecule has 0 bridgehead atoms. The Morgan fingerprint density at radius 3 is 2.50 bits per heavy atom. The fourth-order valence-electron chi connectivity index (χ4n) is 0.947. The molecule has 0 aromatic rings.